The second-order valence-electron chi connectivity index (χ2n) is 8.92. The molecule has 0 aromatic heterocycles. The van der Waals surface area contributed by atoms with E-state index in [1.54, 1.807) is 22.2 Å². The van der Waals surface area contributed by atoms with Crippen LogP contribution >= 0.6 is 0 Å². The molecule has 0 saturated carbocycles. The van der Waals surface area contributed by atoms with Crippen LogP contribution in [0.15, 0.2) is 47.5 Å². The van der Waals surface area contributed by atoms with Crippen molar-refractivity contribution in [3.8, 4) is 16.9 Å². The maximum absolute atomic E-state index is 13.7. The van der Waals surface area contributed by atoms with Crippen molar-refractivity contribution in [2.75, 3.05) is 46.5 Å². The Morgan fingerprint density at radius 2 is 1.83 bits per heavy atom. The molecule has 0 aliphatic carbocycles. The number of fused-ring (bicyclic) bond motifs is 1. The number of carbonyl (C=O) groups is 2. The molecule has 0 radical (unpaired) electrons. The van der Waals surface area contributed by atoms with E-state index in [1.165, 1.54) is 11.8 Å². The van der Waals surface area contributed by atoms with Gasteiger partial charge in [0, 0.05) is 58.8 Å². The first kappa shape index (κ1) is 23.3. The lowest BCUT2D eigenvalue weighted by Gasteiger charge is -2.35. The van der Waals surface area contributed by atoms with Crippen LogP contribution in [-0.4, -0.2) is 88.6 Å². The second-order valence-corrected chi connectivity index (χ2v) is 8.92. The van der Waals surface area contributed by atoms with E-state index in [1.807, 2.05) is 34.9 Å². The van der Waals surface area contributed by atoms with Gasteiger partial charge >= 0.3 is 0 Å². The van der Waals surface area contributed by atoms with Gasteiger partial charge < -0.3 is 23.8 Å². The largest absolute Gasteiger partial charge is 0.376 e. The van der Waals surface area contributed by atoms with Crippen molar-refractivity contribution < 1.29 is 19.1 Å². The van der Waals surface area contributed by atoms with Crippen LogP contribution in [0.4, 0.5) is 0 Å². The van der Waals surface area contributed by atoms with Crippen molar-refractivity contribution in [1.29, 1.82) is 0 Å². The fraction of sp³-hybridized carbons (Fsp3) is 0.440. The summed E-state index contributed by atoms with van der Waals surface area (Å²) in [5, 5.41) is 4.57. The number of nitrogens with zero attached hydrogens (tertiary/aromatic N) is 5. The lowest BCUT2D eigenvalue weighted by atomic mass is 10.1. The molecule has 1 atom stereocenters. The van der Waals surface area contributed by atoms with Gasteiger partial charge in [-0.1, -0.05) is 18.2 Å². The van der Waals surface area contributed by atoms with Gasteiger partial charge in [0.15, 0.2) is 0 Å². The molecule has 1 unspecified atom stereocenters. The SMILES string of the molecule is COCC(=O)N1CCN(C(=O)c2cn(CC3CCCO3)cc3c(=O)n(-c4ccccc4)nc2-3)CC1. The Labute approximate surface area is 203 Å². The normalized spacial score (nSPS) is 18.4. The molecule has 184 valence electrons. The number of methoxy groups -OCH3 is 1. The minimum Gasteiger partial charge on any atom is -0.376 e. The summed E-state index contributed by atoms with van der Waals surface area (Å²) in [6.45, 7) is 2.99. The Morgan fingerprint density at radius 1 is 1.09 bits per heavy atom. The van der Waals surface area contributed by atoms with Gasteiger partial charge in [0.2, 0.25) is 5.91 Å². The minimum absolute atomic E-state index is 0.0275. The summed E-state index contributed by atoms with van der Waals surface area (Å²) in [4.78, 5) is 42.5. The van der Waals surface area contributed by atoms with Crippen LogP contribution < -0.4 is 5.56 Å². The van der Waals surface area contributed by atoms with Gasteiger partial charge in [-0.15, -0.1) is 0 Å². The molecule has 0 N–H and O–H groups in total. The molecule has 1 aromatic carbocycles. The van der Waals surface area contributed by atoms with Gasteiger partial charge in [0.05, 0.1) is 22.9 Å². The maximum atomic E-state index is 13.7. The summed E-state index contributed by atoms with van der Waals surface area (Å²) >= 11 is 0. The summed E-state index contributed by atoms with van der Waals surface area (Å²) in [6, 6.07) is 9.18. The highest BCUT2D eigenvalue weighted by atomic mass is 16.5. The third kappa shape index (κ3) is 4.71. The summed E-state index contributed by atoms with van der Waals surface area (Å²) in [5.41, 5.74) is 1.53. The molecule has 4 aliphatic rings. The number of hydrogen-bond acceptors (Lipinski definition) is 6. The summed E-state index contributed by atoms with van der Waals surface area (Å²) in [6.07, 6.45) is 5.54. The zero-order chi connectivity index (χ0) is 24.4. The smallest absolute Gasteiger partial charge is 0.282 e. The Kier molecular flexibility index (Phi) is 6.65. The van der Waals surface area contributed by atoms with Crippen LogP contribution in [0.1, 0.15) is 23.2 Å². The van der Waals surface area contributed by atoms with Crippen molar-refractivity contribution in [2.24, 2.45) is 0 Å². The number of aromatic nitrogens is 3. The number of ether oxygens (including phenoxy) is 2. The van der Waals surface area contributed by atoms with Gasteiger partial charge in [-0.05, 0) is 25.0 Å². The molecule has 4 heterocycles. The second kappa shape index (κ2) is 10.0. The van der Waals surface area contributed by atoms with E-state index in [4.69, 9.17) is 9.47 Å². The number of carbonyl (C=O) groups excluding carboxylic acids is 2. The van der Waals surface area contributed by atoms with Crippen molar-refractivity contribution in [3.05, 3.63) is 58.6 Å². The number of hydrogen-bond donors (Lipinski definition) is 0. The minimum atomic E-state index is -0.267. The highest BCUT2D eigenvalue weighted by Gasteiger charge is 2.30. The topological polar surface area (TPSA) is 98.9 Å². The predicted octanol–water partition coefficient (Wildman–Crippen LogP) is 1.25. The van der Waals surface area contributed by atoms with Crippen LogP contribution in [0.5, 0.6) is 0 Å². The predicted molar refractivity (Wildman–Crippen MR) is 128 cm³/mol. The molecule has 4 aliphatic heterocycles. The molecule has 10 nitrogen and oxygen atoms in total. The fourth-order valence-corrected chi connectivity index (χ4v) is 4.73. The van der Waals surface area contributed by atoms with E-state index >= 15 is 0 Å². The Hall–Kier alpha value is -3.50. The first-order chi connectivity index (χ1) is 17.0. The van der Waals surface area contributed by atoms with Crippen molar-refractivity contribution in [2.45, 2.75) is 25.5 Å². The van der Waals surface area contributed by atoms with Gasteiger partial charge in [-0.3, -0.25) is 14.4 Å². The molecular formula is C25H29N5O5. The summed E-state index contributed by atoms with van der Waals surface area (Å²) < 4.78 is 13.9. The number of para-hydroxylation sites is 1. The molecule has 35 heavy (non-hydrogen) atoms. The fourth-order valence-electron chi connectivity index (χ4n) is 4.73. The van der Waals surface area contributed by atoms with Gasteiger partial charge in [-0.25, -0.2) is 0 Å². The average molecular weight is 480 g/mol. The molecule has 0 spiro atoms. The summed E-state index contributed by atoms with van der Waals surface area (Å²) in [7, 11) is 1.49. The standard InChI is InChI=1S/C25H29N5O5/c1-34-17-22(31)28-9-11-29(12-10-28)24(32)20-15-27(14-19-8-5-13-35-19)16-21-23(20)26-30(25(21)33)18-6-3-2-4-7-18/h2-4,6-7,15-16,19H,5,8-14,17H2,1H3. The van der Waals surface area contributed by atoms with Crippen LogP contribution in [0.2, 0.25) is 0 Å². The number of amides is 2. The van der Waals surface area contributed by atoms with Crippen LogP contribution in [0.25, 0.3) is 16.9 Å². The lowest BCUT2D eigenvalue weighted by molar-refractivity contribution is -0.136. The van der Waals surface area contributed by atoms with Gasteiger partial charge in [0.25, 0.3) is 11.5 Å². The molecule has 10 heteroatoms. The number of rotatable bonds is 6. The van der Waals surface area contributed by atoms with Crippen molar-refractivity contribution in [3.63, 3.8) is 0 Å². The average Bonchev–Trinajstić information content (AvgIpc) is 3.52. The Bertz CT molecular complexity index is 1220. The van der Waals surface area contributed by atoms with Crippen molar-refractivity contribution >= 4 is 11.8 Å². The number of benzene rings is 1. The molecule has 0 bridgehead atoms. The molecule has 2 amide bonds. The van der Waals surface area contributed by atoms with E-state index in [0.717, 1.165) is 19.4 Å². The Balaban J connectivity index is 1.48. The molecular weight excluding hydrogens is 450 g/mol. The third-order valence-corrected chi connectivity index (χ3v) is 6.58. The zero-order valence-corrected chi connectivity index (χ0v) is 19.8. The highest BCUT2D eigenvalue weighted by Crippen LogP contribution is 2.25. The third-order valence-electron chi connectivity index (χ3n) is 6.58. The van der Waals surface area contributed by atoms with E-state index in [0.29, 0.717) is 55.2 Å². The van der Waals surface area contributed by atoms with Crippen LogP contribution in [-0.2, 0) is 20.8 Å². The van der Waals surface area contributed by atoms with E-state index in [-0.39, 0.29) is 30.1 Å². The summed E-state index contributed by atoms with van der Waals surface area (Å²) in [5.74, 6) is -0.290. The first-order valence-corrected chi connectivity index (χ1v) is 11.9. The molecule has 2 saturated heterocycles. The first-order valence-electron chi connectivity index (χ1n) is 11.9. The monoisotopic (exact) mass is 479 g/mol. The highest BCUT2D eigenvalue weighted by molar-refractivity contribution is 6.00. The zero-order valence-electron chi connectivity index (χ0n) is 19.8. The van der Waals surface area contributed by atoms with Crippen LogP contribution in [0.3, 0.4) is 0 Å². The quantitative estimate of drug-likeness (QED) is 0.528. The number of pyridine rings is 1. The van der Waals surface area contributed by atoms with E-state index < -0.39 is 0 Å². The molecule has 2 fully saturated rings. The van der Waals surface area contributed by atoms with Crippen LogP contribution in [0, 0.1) is 0 Å². The maximum Gasteiger partial charge on any atom is 0.282 e. The van der Waals surface area contributed by atoms with E-state index in [2.05, 4.69) is 5.10 Å². The number of piperazine rings is 1. The van der Waals surface area contributed by atoms with E-state index in [9.17, 15) is 14.4 Å². The molecule has 5 rings (SSSR count). The van der Waals surface area contributed by atoms with Crippen molar-refractivity contribution in [1.82, 2.24) is 24.1 Å². The van der Waals surface area contributed by atoms with Gasteiger partial charge in [0.1, 0.15) is 12.3 Å². The molecule has 1 aromatic rings. The van der Waals surface area contributed by atoms with Gasteiger partial charge in [-0.2, -0.15) is 9.78 Å². The Morgan fingerprint density at radius 3 is 2.51 bits per heavy atom. The lowest BCUT2D eigenvalue weighted by Crippen LogP contribution is -2.51.